The molecule has 2 N–H and O–H groups in total. The molecule has 2 aromatic rings. The Morgan fingerprint density at radius 1 is 0.917 bits per heavy atom. The van der Waals surface area contributed by atoms with Gasteiger partial charge in [-0.05, 0) is 22.3 Å². The largest absolute Gasteiger partial charge is 0.633 e. The third kappa shape index (κ3) is 2.98. The van der Waals surface area contributed by atoms with Gasteiger partial charge in [-0.25, -0.2) is 0 Å². The molecular formula is C19H22N2O2S. The Bertz CT molecular complexity index is 670. The van der Waals surface area contributed by atoms with Crippen molar-refractivity contribution >= 4 is 11.2 Å². The standard InChI is InChI=1S/C19H22N2O2S/c22-21-13-20-18-16(11-14-7-3-1-4-8-14)24(23)17(19(18)21)12-15-9-5-2-6-10-15/h1-10,16-21H,11-13H2/t16?,17?,18-,19+,24?/m1/s1. The van der Waals surface area contributed by atoms with Gasteiger partial charge in [-0.1, -0.05) is 60.7 Å². The molecule has 0 aliphatic carbocycles. The predicted octanol–water partition coefficient (Wildman–Crippen LogP) is 0.652. The van der Waals surface area contributed by atoms with Crippen molar-refractivity contribution in [3.63, 3.8) is 0 Å². The molecule has 0 bridgehead atoms. The first-order valence-corrected chi connectivity index (χ1v) is 9.75. The second-order valence-corrected chi connectivity index (χ2v) is 8.55. The number of benzene rings is 2. The highest BCUT2D eigenvalue weighted by Crippen LogP contribution is 2.33. The van der Waals surface area contributed by atoms with Crippen molar-refractivity contribution in [2.24, 2.45) is 0 Å². The van der Waals surface area contributed by atoms with Crippen LogP contribution in [0.1, 0.15) is 11.1 Å². The molecule has 0 radical (unpaired) electrons. The Hall–Kier alpha value is -1.37. The predicted molar refractivity (Wildman–Crippen MR) is 95.9 cm³/mol. The summed E-state index contributed by atoms with van der Waals surface area (Å²) in [6, 6.07) is 20.2. The van der Waals surface area contributed by atoms with Crippen LogP contribution in [0.4, 0.5) is 0 Å². The van der Waals surface area contributed by atoms with Crippen molar-refractivity contribution < 1.29 is 9.62 Å². The molecule has 0 aromatic heterocycles. The second-order valence-electron chi connectivity index (χ2n) is 6.68. The lowest BCUT2D eigenvalue weighted by molar-refractivity contribution is -0.861. The fourth-order valence-corrected chi connectivity index (χ4v) is 6.42. The fraction of sp³-hybridized carbons (Fsp3) is 0.368. The topological polar surface area (TPSA) is 62.6 Å². The molecule has 4 rings (SSSR count). The zero-order valence-corrected chi connectivity index (χ0v) is 14.2. The highest BCUT2D eigenvalue weighted by molar-refractivity contribution is 7.93. The highest BCUT2D eigenvalue weighted by atomic mass is 32.2. The first-order chi connectivity index (χ1) is 11.7. The Morgan fingerprint density at radius 3 is 2.04 bits per heavy atom. The SMILES string of the molecule is [O-][NH+]1CN[C@@H]2C(Cc3ccccc3)[S+]([O-])C(Cc3ccccc3)[C@@H]21. The smallest absolute Gasteiger partial charge is 0.173 e. The molecule has 6 atom stereocenters. The van der Waals surface area contributed by atoms with Crippen molar-refractivity contribution in [1.82, 2.24) is 5.32 Å². The van der Waals surface area contributed by atoms with Gasteiger partial charge in [-0.2, -0.15) is 0 Å². The zero-order chi connectivity index (χ0) is 16.5. The lowest BCUT2D eigenvalue weighted by Crippen LogP contribution is -3.11. The van der Waals surface area contributed by atoms with Gasteiger partial charge in [0.05, 0.1) is 0 Å². The molecule has 2 saturated heterocycles. The van der Waals surface area contributed by atoms with Gasteiger partial charge in [0.2, 0.25) is 0 Å². The number of hydrogen-bond acceptors (Lipinski definition) is 3. The molecule has 2 fully saturated rings. The van der Waals surface area contributed by atoms with Crippen LogP contribution in [0.25, 0.3) is 0 Å². The lowest BCUT2D eigenvalue weighted by atomic mass is 9.96. The molecule has 0 spiro atoms. The third-order valence-corrected chi connectivity index (χ3v) is 7.34. The van der Waals surface area contributed by atoms with Gasteiger partial charge in [0, 0.05) is 12.8 Å². The van der Waals surface area contributed by atoms with Gasteiger partial charge < -0.3 is 14.8 Å². The molecule has 126 valence electrons. The van der Waals surface area contributed by atoms with Crippen LogP contribution in [0, 0.1) is 5.21 Å². The maximum Gasteiger partial charge on any atom is 0.173 e. The molecule has 4 nitrogen and oxygen atoms in total. The van der Waals surface area contributed by atoms with Crippen LogP contribution >= 0.6 is 0 Å². The van der Waals surface area contributed by atoms with E-state index in [2.05, 4.69) is 29.6 Å². The summed E-state index contributed by atoms with van der Waals surface area (Å²) in [5, 5.41) is 15.9. The number of hydroxylamine groups is 2. The average Bonchev–Trinajstić information content (AvgIpc) is 3.11. The Balaban J connectivity index is 1.58. The van der Waals surface area contributed by atoms with E-state index in [1.807, 2.05) is 36.4 Å². The van der Waals surface area contributed by atoms with Gasteiger partial charge in [-0.3, -0.25) is 5.32 Å². The van der Waals surface area contributed by atoms with Crippen molar-refractivity contribution in [2.75, 3.05) is 6.67 Å². The van der Waals surface area contributed by atoms with Crippen molar-refractivity contribution in [1.29, 1.82) is 0 Å². The quantitative estimate of drug-likeness (QED) is 0.634. The van der Waals surface area contributed by atoms with Crippen molar-refractivity contribution in [3.05, 3.63) is 77.0 Å². The first kappa shape index (κ1) is 16.1. The molecule has 5 heteroatoms. The minimum absolute atomic E-state index is 0.0116. The van der Waals surface area contributed by atoms with E-state index < -0.39 is 11.2 Å². The van der Waals surface area contributed by atoms with Gasteiger partial charge in [-0.15, -0.1) is 0 Å². The summed E-state index contributed by atoms with van der Waals surface area (Å²) in [7, 11) is 0. The molecule has 24 heavy (non-hydrogen) atoms. The maximum atomic E-state index is 13.2. The highest BCUT2D eigenvalue weighted by Gasteiger charge is 2.59. The van der Waals surface area contributed by atoms with E-state index in [4.69, 9.17) is 0 Å². The van der Waals surface area contributed by atoms with E-state index in [1.54, 1.807) is 0 Å². The van der Waals surface area contributed by atoms with Crippen molar-refractivity contribution in [3.8, 4) is 0 Å². The van der Waals surface area contributed by atoms with Crippen LogP contribution in [0.5, 0.6) is 0 Å². The maximum absolute atomic E-state index is 13.2. The fourth-order valence-electron chi connectivity index (χ4n) is 4.09. The lowest BCUT2D eigenvalue weighted by Gasteiger charge is -2.27. The summed E-state index contributed by atoms with van der Waals surface area (Å²) in [5.41, 5.74) is 2.35. The van der Waals surface area contributed by atoms with Crippen LogP contribution in [0.3, 0.4) is 0 Å². The molecule has 4 unspecified atom stereocenters. The molecule has 0 saturated carbocycles. The minimum Gasteiger partial charge on any atom is -0.633 e. The minimum atomic E-state index is -1.01. The van der Waals surface area contributed by atoms with E-state index in [9.17, 15) is 9.76 Å². The number of fused-ring (bicyclic) bond motifs is 1. The van der Waals surface area contributed by atoms with Gasteiger partial charge in [0.25, 0.3) is 0 Å². The Kier molecular flexibility index (Phi) is 4.61. The van der Waals surface area contributed by atoms with Crippen LogP contribution in [0.15, 0.2) is 60.7 Å². The molecule has 2 aliphatic rings. The number of hydrogen-bond donors (Lipinski definition) is 2. The van der Waals surface area contributed by atoms with E-state index in [1.165, 1.54) is 5.56 Å². The second kappa shape index (κ2) is 6.86. The Labute approximate surface area is 145 Å². The monoisotopic (exact) mass is 342 g/mol. The van der Waals surface area contributed by atoms with E-state index >= 15 is 0 Å². The number of nitrogens with one attached hydrogen (secondary N) is 2. The summed E-state index contributed by atoms with van der Waals surface area (Å²) >= 11 is -1.01. The van der Waals surface area contributed by atoms with Gasteiger partial charge >= 0.3 is 0 Å². The van der Waals surface area contributed by atoms with E-state index in [0.29, 0.717) is 13.1 Å². The third-order valence-electron chi connectivity index (χ3n) is 5.23. The summed E-state index contributed by atoms with van der Waals surface area (Å²) in [5.74, 6) is 0. The normalized spacial score (nSPS) is 35.1. The molecule has 2 aliphatic heterocycles. The molecular weight excluding hydrogens is 320 g/mol. The van der Waals surface area contributed by atoms with Crippen molar-refractivity contribution in [2.45, 2.75) is 35.4 Å². The summed E-state index contributed by atoms with van der Waals surface area (Å²) < 4.78 is 13.2. The Morgan fingerprint density at radius 2 is 1.46 bits per heavy atom. The van der Waals surface area contributed by atoms with Crippen LogP contribution in [-0.4, -0.2) is 33.8 Å². The summed E-state index contributed by atoms with van der Waals surface area (Å²) in [4.78, 5) is 0. The first-order valence-electron chi connectivity index (χ1n) is 8.47. The zero-order valence-electron chi connectivity index (χ0n) is 13.4. The molecule has 2 aromatic carbocycles. The number of quaternary nitrogens is 1. The van der Waals surface area contributed by atoms with E-state index in [-0.39, 0.29) is 27.6 Å². The van der Waals surface area contributed by atoms with Gasteiger partial charge in [0.15, 0.2) is 11.3 Å². The molecule has 2 heterocycles. The van der Waals surface area contributed by atoms with Crippen LogP contribution in [0.2, 0.25) is 0 Å². The van der Waals surface area contributed by atoms with Gasteiger partial charge in [0.1, 0.15) is 18.0 Å². The average molecular weight is 342 g/mol. The summed E-state index contributed by atoms with van der Waals surface area (Å²) in [6.07, 6.45) is 1.48. The van der Waals surface area contributed by atoms with Crippen LogP contribution < -0.4 is 10.4 Å². The number of rotatable bonds is 4. The van der Waals surface area contributed by atoms with Crippen LogP contribution in [-0.2, 0) is 24.0 Å². The molecule has 0 amide bonds. The van der Waals surface area contributed by atoms with E-state index in [0.717, 1.165) is 12.0 Å². The summed E-state index contributed by atoms with van der Waals surface area (Å²) in [6.45, 7) is 0.420.